The Labute approximate surface area is 95.1 Å². The Hall–Kier alpha value is -1.20. The van der Waals surface area contributed by atoms with E-state index in [2.05, 4.69) is 26.1 Å². The molecule has 0 saturated carbocycles. The quantitative estimate of drug-likeness (QED) is 0.924. The highest BCUT2D eigenvalue weighted by Crippen LogP contribution is 2.13. The summed E-state index contributed by atoms with van der Waals surface area (Å²) in [5.74, 6) is 0.837. The van der Waals surface area contributed by atoms with Crippen molar-refractivity contribution >= 4 is 15.9 Å². The van der Waals surface area contributed by atoms with Crippen molar-refractivity contribution < 1.29 is 9.63 Å². The molecule has 1 aromatic heterocycles. The minimum absolute atomic E-state index is 0.191. The topological polar surface area (TPSA) is 59.2 Å². The van der Waals surface area contributed by atoms with Crippen molar-refractivity contribution in [1.82, 2.24) is 10.1 Å². The number of hydrogen-bond acceptors (Lipinski definition) is 4. The van der Waals surface area contributed by atoms with E-state index in [4.69, 9.17) is 9.63 Å². The Morgan fingerprint density at radius 3 is 2.60 bits per heavy atom. The van der Waals surface area contributed by atoms with Crippen LogP contribution in [0.3, 0.4) is 0 Å². The van der Waals surface area contributed by atoms with Crippen molar-refractivity contribution in [3.8, 4) is 0 Å². The van der Waals surface area contributed by atoms with Crippen LogP contribution >= 0.6 is 15.9 Å². The molecule has 0 bridgehead atoms. The van der Waals surface area contributed by atoms with Crippen molar-refractivity contribution in [2.75, 3.05) is 0 Å². The molecule has 1 heterocycles. The number of rotatable bonds is 3. The van der Waals surface area contributed by atoms with Gasteiger partial charge in [0.15, 0.2) is 5.82 Å². The van der Waals surface area contributed by atoms with Crippen LogP contribution in [0.1, 0.15) is 17.3 Å². The highest BCUT2D eigenvalue weighted by Gasteiger charge is 2.05. The Morgan fingerprint density at radius 1 is 1.27 bits per heavy atom. The summed E-state index contributed by atoms with van der Waals surface area (Å²) in [6.07, 6.45) is 0.584. The summed E-state index contributed by atoms with van der Waals surface area (Å²) in [5.41, 5.74) is 1.09. The molecule has 0 atom stereocenters. The van der Waals surface area contributed by atoms with E-state index < -0.39 is 0 Å². The summed E-state index contributed by atoms with van der Waals surface area (Å²) in [5, 5.41) is 12.4. The average Bonchev–Trinajstić information content (AvgIpc) is 2.69. The van der Waals surface area contributed by atoms with Gasteiger partial charge >= 0.3 is 0 Å². The second-order valence-corrected chi connectivity index (χ2v) is 3.98. The first kappa shape index (κ1) is 10.3. The molecule has 0 unspecified atom stereocenters. The zero-order valence-corrected chi connectivity index (χ0v) is 9.44. The average molecular weight is 269 g/mol. The van der Waals surface area contributed by atoms with Crippen molar-refractivity contribution in [1.29, 1.82) is 0 Å². The molecule has 15 heavy (non-hydrogen) atoms. The molecule has 0 aliphatic rings. The van der Waals surface area contributed by atoms with E-state index >= 15 is 0 Å². The number of aliphatic hydroxyl groups is 1. The third kappa shape index (κ3) is 2.64. The van der Waals surface area contributed by atoms with Crippen LogP contribution in [0.5, 0.6) is 0 Å². The Kier molecular flexibility index (Phi) is 3.13. The first-order valence-electron chi connectivity index (χ1n) is 4.44. The second kappa shape index (κ2) is 4.55. The maximum absolute atomic E-state index is 8.76. The van der Waals surface area contributed by atoms with Gasteiger partial charge in [0.1, 0.15) is 6.61 Å². The van der Waals surface area contributed by atoms with Crippen LogP contribution in [-0.2, 0) is 13.0 Å². The molecule has 5 heteroatoms. The van der Waals surface area contributed by atoms with Crippen LogP contribution in [0.4, 0.5) is 0 Å². The maximum atomic E-state index is 8.76. The van der Waals surface area contributed by atoms with Gasteiger partial charge in [0.05, 0.1) is 6.42 Å². The predicted octanol–water partition coefficient (Wildman–Crippen LogP) is 1.92. The molecule has 0 aliphatic carbocycles. The van der Waals surface area contributed by atoms with Gasteiger partial charge in [0, 0.05) is 4.47 Å². The lowest BCUT2D eigenvalue weighted by Gasteiger charge is -1.96. The van der Waals surface area contributed by atoms with Gasteiger partial charge in [-0.1, -0.05) is 33.2 Å². The van der Waals surface area contributed by atoms with Crippen molar-refractivity contribution in [2.24, 2.45) is 0 Å². The third-order valence-corrected chi connectivity index (χ3v) is 2.45. The molecule has 2 aromatic rings. The highest BCUT2D eigenvalue weighted by molar-refractivity contribution is 9.10. The molecular formula is C10H9BrN2O2. The zero-order valence-electron chi connectivity index (χ0n) is 7.85. The first-order valence-corrected chi connectivity index (χ1v) is 5.24. The molecule has 0 radical (unpaired) electrons. The zero-order chi connectivity index (χ0) is 10.7. The Balaban J connectivity index is 2.11. The van der Waals surface area contributed by atoms with Gasteiger partial charge in [-0.05, 0) is 17.7 Å². The fourth-order valence-electron chi connectivity index (χ4n) is 1.20. The molecular weight excluding hydrogens is 260 g/mol. The van der Waals surface area contributed by atoms with E-state index in [0.29, 0.717) is 18.1 Å². The lowest BCUT2D eigenvalue weighted by molar-refractivity contribution is 0.263. The van der Waals surface area contributed by atoms with E-state index in [1.807, 2.05) is 24.3 Å². The number of aromatic nitrogens is 2. The second-order valence-electron chi connectivity index (χ2n) is 3.07. The van der Waals surface area contributed by atoms with Gasteiger partial charge < -0.3 is 9.63 Å². The van der Waals surface area contributed by atoms with Crippen LogP contribution in [0, 0.1) is 0 Å². The van der Waals surface area contributed by atoms with Gasteiger partial charge in [-0.15, -0.1) is 0 Å². The summed E-state index contributed by atoms with van der Waals surface area (Å²) in [6.45, 7) is -0.191. The molecule has 0 saturated heterocycles. The van der Waals surface area contributed by atoms with E-state index in [1.165, 1.54) is 0 Å². The van der Waals surface area contributed by atoms with Crippen molar-refractivity contribution in [2.45, 2.75) is 13.0 Å². The SMILES string of the molecule is OCc1noc(Cc2ccc(Br)cc2)n1. The Bertz CT molecular complexity index is 439. The molecule has 0 fully saturated rings. The number of halogens is 1. The lowest BCUT2D eigenvalue weighted by Crippen LogP contribution is -1.89. The fraction of sp³-hybridized carbons (Fsp3) is 0.200. The largest absolute Gasteiger partial charge is 0.388 e. The molecule has 0 aliphatic heterocycles. The highest BCUT2D eigenvalue weighted by atomic mass is 79.9. The van der Waals surface area contributed by atoms with Gasteiger partial charge in [0.25, 0.3) is 0 Å². The van der Waals surface area contributed by atoms with Gasteiger partial charge in [-0.2, -0.15) is 4.98 Å². The van der Waals surface area contributed by atoms with Gasteiger partial charge in [0.2, 0.25) is 5.89 Å². The number of aliphatic hydroxyl groups excluding tert-OH is 1. The van der Waals surface area contributed by atoms with Crippen molar-refractivity contribution in [3.05, 3.63) is 46.0 Å². The Morgan fingerprint density at radius 2 is 2.00 bits per heavy atom. The summed E-state index contributed by atoms with van der Waals surface area (Å²) in [4.78, 5) is 4.01. The lowest BCUT2D eigenvalue weighted by atomic mass is 10.1. The molecule has 2 rings (SSSR count). The van der Waals surface area contributed by atoms with Crippen LogP contribution < -0.4 is 0 Å². The third-order valence-electron chi connectivity index (χ3n) is 1.92. The number of hydrogen-bond donors (Lipinski definition) is 1. The molecule has 1 aromatic carbocycles. The normalized spacial score (nSPS) is 10.5. The van der Waals surface area contributed by atoms with Gasteiger partial charge in [-0.3, -0.25) is 0 Å². The molecule has 78 valence electrons. The monoisotopic (exact) mass is 268 g/mol. The molecule has 0 spiro atoms. The van der Waals surface area contributed by atoms with E-state index in [1.54, 1.807) is 0 Å². The van der Waals surface area contributed by atoms with Crippen LogP contribution in [0.15, 0.2) is 33.3 Å². The summed E-state index contributed by atoms with van der Waals surface area (Å²) in [7, 11) is 0. The number of benzene rings is 1. The molecule has 1 N–H and O–H groups in total. The van der Waals surface area contributed by atoms with E-state index in [0.717, 1.165) is 10.0 Å². The number of nitrogens with zero attached hydrogens (tertiary/aromatic N) is 2. The minimum Gasteiger partial charge on any atom is -0.388 e. The van der Waals surface area contributed by atoms with E-state index in [9.17, 15) is 0 Å². The summed E-state index contributed by atoms with van der Waals surface area (Å²) in [6, 6.07) is 7.87. The summed E-state index contributed by atoms with van der Waals surface area (Å²) >= 11 is 3.36. The molecule has 0 amide bonds. The minimum atomic E-state index is -0.191. The van der Waals surface area contributed by atoms with Crippen LogP contribution in [0.25, 0.3) is 0 Å². The fourth-order valence-corrected chi connectivity index (χ4v) is 1.47. The van der Waals surface area contributed by atoms with Crippen LogP contribution in [0.2, 0.25) is 0 Å². The molecule has 4 nitrogen and oxygen atoms in total. The van der Waals surface area contributed by atoms with Gasteiger partial charge in [-0.25, -0.2) is 0 Å². The predicted molar refractivity (Wildman–Crippen MR) is 57.2 cm³/mol. The van der Waals surface area contributed by atoms with E-state index in [-0.39, 0.29) is 6.61 Å². The summed E-state index contributed by atoms with van der Waals surface area (Å²) < 4.78 is 5.99. The standard InChI is InChI=1S/C10H9BrN2O2/c11-8-3-1-7(2-4-8)5-10-12-9(6-14)13-15-10/h1-4,14H,5-6H2. The van der Waals surface area contributed by atoms with Crippen molar-refractivity contribution in [3.63, 3.8) is 0 Å². The maximum Gasteiger partial charge on any atom is 0.231 e. The first-order chi connectivity index (χ1) is 7.28. The smallest absolute Gasteiger partial charge is 0.231 e. The van der Waals surface area contributed by atoms with Crippen LogP contribution in [-0.4, -0.2) is 15.2 Å².